The summed E-state index contributed by atoms with van der Waals surface area (Å²) < 4.78 is 5.37. The molecule has 1 saturated carbocycles. The molecule has 0 unspecified atom stereocenters. The van der Waals surface area contributed by atoms with E-state index >= 15 is 0 Å². The third kappa shape index (κ3) is 4.45. The van der Waals surface area contributed by atoms with Gasteiger partial charge in [-0.05, 0) is 69.2 Å². The Labute approximate surface area is 184 Å². The molecule has 31 heavy (non-hydrogen) atoms. The molecule has 2 aromatic rings. The molecule has 0 radical (unpaired) electrons. The third-order valence-electron chi connectivity index (χ3n) is 6.91. The van der Waals surface area contributed by atoms with Gasteiger partial charge in [-0.1, -0.05) is 12.1 Å². The number of amides is 1. The SMILES string of the molecule is COc1cccc(CN2C(=O)CCc3c(C)nc([C@H]4CCCN(CC5CC5)C4)nc32)c1. The quantitative estimate of drug-likeness (QED) is 0.710. The minimum absolute atomic E-state index is 0.137. The van der Waals surface area contributed by atoms with Crippen molar-refractivity contribution in [2.24, 2.45) is 5.92 Å². The van der Waals surface area contributed by atoms with Gasteiger partial charge in [-0.2, -0.15) is 0 Å². The zero-order valence-electron chi connectivity index (χ0n) is 18.6. The number of anilines is 1. The molecule has 1 saturated heterocycles. The summed E-state index contributed by atoms with van der Waals surface area (Å²) in [5.41, 5.74) is 3.20. The van der Waals surface area contributed by atoms with Gasteiger partial charge < -0.3 is 9.64 Å². The van der Waals surface area contributed by atoms with Crippen molar-refractivity contribution >= 4 is 11.7 Å². The number of carbonyl (C=O) groups excluding carboxylic acids is 1. The Hall–Kier alpha value is -2.47. The van der Waals surface area contributed by atoms with Crippen LogP contribution in [0.3, 0.4) is 0 Å². The summed E-state index contributed by atoms with van der Waals surface area (Å²) in [6, 6.07) is 7.93. The predicted octanol–water partition coefficient (Wildman–Crippen LogP) is 3.86. The van der Waals surface area contributed by atoms with Gasteiger partial charge in [0, 0.05) is 36.7 Å². The fraction of sp³-hybridized carbons (Fsp3) is 0.560. The van der Waals surface area contributed by atoms with E-state index in [0.717, 1.165) is 59.5 Å². The van der Waals surface area contributed by atoms with E-state index in [0.29, 0.717) is 18.9 Å². The normalized spacial score (nSPS) is 21.8. The Kier molecular flexibility index (Phi) is 5.65. The second kappa shape index (κ2) is 8.58. The van der Waals surface area contributed by atoms with Gasteiger partial charge in [0.05, 0.1) is 13.7 Å². The number of rotatable bonds is 6. The van der Waals surface area contributed by atoms with Crippen molar-refractivity contribution in [1.82, 2.24) is 14.9 Å². The number of nitrogens with zero attached hydrogens (tertiary/aromatic N) is 4. The summed E-state index contributed by atoms with van der Waals surface area (Å²) >= 11 is 0. The van der Waals surface area contributed by atoms with Gasteiger partial charge >= 0.3 is 0 Å². The van der Waals surface area contributed by atoms with Crippen LogP contribution < -0.4 is 9.64 Å². The first-order valence-electron chi connectivity index (χ1n) is 11.6. The molecule has 5 rings (SSSR count). The smallest absolute Gasteiger partial charge is 0.228 e. The number of methoxy groups -OCH3 is 1. The molecule has 1 amide bonds. The number of aromatic nitrogens is 2. The number of ether oxygens (including phenoxy) is 1. The number of carbonyl (C=O) groups is 1. The molecular weight excluding hydrogens is 388 g/mol. The number of benzene rings is 1. The molecule has 3 aliphatic rings. The summed E-state index contributed by atoms with van der Waals surface area (Å²) in [5.74, 6) is 3.94. The van der Waals surface area contributed by atoms with E-state index in [1.165, 1.54) is 32.4 Å². The lowest BCUT2D eigenvalue weighted by Gasteiger charge is -2.34. The summed E-state index contributed by atoms with van der Waals surface area (Å²) in [6.45, 7) is 6.04. The highest BCUT2D eigenvalue weighted by atomic mass is 16.5. The summed E-state index contributed by atoms with van der Waals surface area (Å²) in [5, 5.41) is 0. The first-order chi connectivity index (χ1) is 15.1. The molecule has 2 aliphatic heterocycles. The molecule has 1 aromatic heterocycles. The van der Waals surface area contributed by atoms with Crippen molar-refractivity contribution in [3.05, 3.63) is 46.9 Å². The Balaban J connectivity index is 1.43. The highest BCUT2D eigenvalue weighted by molar-refractivity contribution is 5.95. The number of hydrogen-bond donors (Lipinski definition) is 0. The average molecular weight is 421 g/mol. The van der Waals surface area contributed by atoms with E-state index in [1.807, 2.05) is 29.2 Å². The Morgan fingerprint density at radius 3 is 2.84 bits per heavy atom. The topological polar surface area (TPSA) is 58.6 Å². The minimum Gasteiger partial charge on any atom is -0.497 e. The maximum Gasteiger partial charge on any atom is 0.228 e. The monoisotopic (exact) mass is 420 g/mol. The molecule has 0 spiro atoms. The van der Waals surface area contributed by atoms with E-state index in [9.17, 15) is 4.79 Å². The fourth-order valence-corrected chi connectivity index (χ4v) is 5.00. The maximum absolute atomic E-state index is 12.9. The minimum atomic E-state index is 0.137. The Morgan fingerprint density at radius 1 is 1.16 bits per heavy atom. The lowest BCUT2D eigenvalue weighted by molar-refractivity contribution is -0.119. The summed E-state index contributed by atoms with van der Waals surface area (Å²) in [4.78, 5) is 27.4. The van der Waals surface area contributed by atoms with Crippen LogP contribution in [0.25, 0.3) is 0 Å². The number of hydrogen-bond acceptors (Lipinski definition) is 5. The highest BCUT2D eigenvalue weighted by Gasteiger charge is 2.32. The van der Waals surface area contributed by atoms with Crippen LogP contribution in [0.2, 0.25) is 0 Å². The highest BCUT2D eigenvalue weighted by Crippen LogP contribution is 2.35. The largest absolute Gasteiger partial charge is 0.497 e. The number of fused-ring (bicyclic) bond motifs is 1. The second-order valence-corrected chi connectivity index (χ2v) is 9.34. The van der Waals surface area contributed by atoms with Crippen molar-refractivity contribution in [2.45, 2.75) is 57.9 Å². The lowest BCUT2D eigenvalue weighted by Crippen LogP contribution is -2.38. The first-order valence-corrected chi connectivity index (χ1v) is 11.6. The molecule has 3 heterocycles. The van der Waals surface area contributed by atoms with E-state index in [-0.39, 0.29) is 5.91 Å². The second-order valence-electron chi connectivity index (χ2n) is 9.34. The zero-order valence-corrected chi connectivity index (χ0v) is 18.6. The molecule has 1 atom stereocenters. The van der Waals surface area contributed by atoms with Crippen LogP contribution in [-0.2, 0) is 17.8 Å². The Bertz CT molecular complexity index is 972. The molecule has 2 fully saturated rings. The summed E-state index contributed by atoms with van der Waals surface area (Å²) in [7, 11) is 1.67. The van der Waals surface area contributed by atoms with Gasteiger partial charge in [-0.25, -0.2) is 9.97 Å². The number of aryl methyl sites for hydroxylation is 1. The van der Waals surface area contributed by atoms with Crippen LogP contribution in [0, 0.1) is 12.8 Å². The van der Waals surface area contributed by atoms with Crippen molar-refractivity contribution < 1.29 is 9.53 Å². The summed E-state index contributed by atoms with van der Waals surface area (Å²) in [6.07, 6.45) is 6.34. The van der Waals surface area contributed by atoms with E-state index in [4.69, 9.17) is 14.7 Å². The predicted molar refractivity (Wildman–Crippen MR) is 120 cm³/mol. The van der Waals surface area contributed by atoms with Gasteiger partial charge in [0.2, 0.25) is 5.91 Å². The maximum atomic E-state index is 12.9. The molecular formula is C25H32N4O2. The van der Waals surface area contributed by atoms with Gasteiger partial charge in [-0.3, -0.25) is 9.69 Å². The van der Waals surface area contributed by atoms with Gasteiger partial charge in [0.25, 0.3) is 0 Å². The van der Waals surface area contributed by atoms with Gasteiger partial charge in [-0.15, -0.1) is 0 Å². The van der Waals surface area contributed by atoms with E-state index < -0.39 is 0 Å². The average Bonchev–Trinajstić information content (AvgIpc) is 3.60. The van der Waals surface area contributed by atoms with Crippen LogP contribution in [-0.4, -0.2) is 47.5 Å². The van der Waals surface area contributed by atoms with Crippen LogP contribution >= 0.6 is 0 Å². The molecule has 1 aliphatic carbocycles. The Morgan fingerprint density at radius 2 is 2.03 bits per heavy atom. The van der Waals surface area contributed by atoms with E-state index in [2.05, 4.69) is 11.8 Å². The molecule has 6 heteroatoms. The van der Waals surface area contributed by atoms with Crippen LogP contribution in [0.15, 0.2) is 24.3 Å². The van der Waals surface area contributed by atoms with Crippen molar-refractivity contribution in [1.29, 1.82) is 0 Å². The van der Waals surface area contributed by atoms with Crippen LogP contribution in [0.1, 0.15) is 60.7 Å². The fourth-order valence-electron chi connectivity index (χ4n) is 5.00. The third-order valence-corrected chi connectivity index (χ3v) is 6.91. The molecule has 0 bridgehead atoms. The molecule has 1 aromatic carbocycles. The lowest BCUT2D eigenvalue weighted by atomic mass is 9.95. The van der Waals surface area contributed by atoms with Crippen molar-refractivity contribution in [3.8, 4) is 5.75 Å². The number of likely N-dealkylation sites (tertiary alicyclic amines) is 1. The van der Waals surface area contributed by atoms with E-state index in [1.54, 1.807) is 7.11 Å². The zero-order chi connectivity index (χ0) is 21.4. The van der Waals surface area contributed by atoms with Gasteiger partial charge in [0.1, 0.15) is 17.4 Å². The van der Waals surface area contributed by atoms with Crippen LogP contribution in [0.4, 0.5) is 5.82 Å². The van der Waals surface area contributed by atoms with Crippen molar-refractivity contribution in [2.75, 3.05) is 31.6 Å². The standard InChI is InChI=1S/C25H32N4O2/c1-17-22-10-11-23(30)29(15-19-5-3-7-21(13-19)31-2)25(22)27-24(26-17)20-6-4-12-28(16-20)14-18-8-9-18/h3,5,7,13,18,20H,4,6,8-12,14-16H2,1-2H3/t20-/m0/s1. The van der Waals surface area contributed by atoms with Gasteiger partial charge in [0.15, 0.2) is 0 Å². The van der Waals surface area contributed by atoms with Crippen LogP contribution in [0.5, 0.6) is 5.75 Å². The number of piperidine rings is 1. The molecule has 6 nitrogen and oxygen atoms in total. The molecule has 0 N–H and O–H groups in total. The molecule has 164 valence electrons. The van der Waals surface area contributed by atoms with Crippen molar-refractivity contribution in [3.63, 3.8) is 0 Å². The first kappa shape index (κ1) is 20.4.